The lowest BCUT2D eigenvalue weighted by atomic mass is 9.83. The van der Waals surface area contributed by atoms with Crippen molar-refractivity contribution in [2.24, 2.45) is 0 Å². The normalized spacial score (nSPS) is 25.8. The molecule has 1 aromatic heterocycles. The Morgan fingerprint density at radius 1 is 1.21 bits per heavy atom. The van der Waals surface area contributed by atoms with Crippen molar-refractivity contribution in [1.82, 2.24) is 10.3 Å². The van der Waals surface area contributed by atoms with Crippen LogP contribution in [0.1, 0.15) is 50.6 Å². The second-order valence-electron chi connectivity index (χ2n) is 5.97. The van der Waals surface area contributed by atoms with Crippen LogP contribution in [0.25, 0.3) is 0 Å². The average molecular weight is 260 g/mol. The molecule has 19 heavy (non-hydrogen) atoms. The molecule has 2 aliphatic rings. The summed E-state index contributed by atoms with van der Waals surface area (Å²) in [6.45, 7) is 1.80. The van der Waals surface area contributed by atoms with E-state index in [1.807, 2.05) is 18.3 Å². The van der Waals surface area contributed by atoms with Crippen LogP contribution in [0.3, 0.4) is 0 Å². The molecule has 3 nitrogen and oxygen atoms in total. The summed E-state index contributed by atoms with van der Waals surface area (Å²) in [6, 6.07) is 6.05. The lowest BCUT2D eigenvalue weighted by Gasteiger charge is -2.33. The lowest BCUT2D eigenvalue weighted by molar-refractivity contribution is -0.0624. The molecule has 3 rings (SSSR count). The predicted molar refractivity (Wildman–Crippen MR) is 75.9 cm³/mol. The van der Waals surface area contributed by atoms with Crippen LogP contribution >= 0.6 is 0 Å². The molecular formula is C16H24N2O. The van der Waals surface area contributed by atoms with E-state index in [9.17, 15) is 0 Å². The van der Waals surface area contributed by atoms with Crippen LogP contribution in [-0.2, 0) is 11.3 Å². The van der Waals surface area contributed by atoms with Crippen molar-refractivity contribution in [3.05, 3.63) is 30.1 Å². The first-order chi connectivity index (χ1) is 9.36. The van der Waals surface area contributed by atoms with Gasteiger partial charge in [-0.25, -0.2) is 0 Å². The van der Waals surface area contributed by atoms with Gasteiger partial charge < -0.3 is 10.1 Å². The summed E-state index contributed by atoms with van der Waals surface area (Å²) in [4.78, 5) is 4.32. The van der Waals surface area contributed by atoms with E-state index < -0.39 is 0 Å². The van der Waals surface area contributed by atoms with Gasteiger partial charge >= 0.3 is 0 Å². The van der Waals surface area contributed by atoms with Gasteiger partial charge in [-0.2, -0.15) is 0 Å². The topological polar surface area (TPSA) is 34.1 Å². The van der Waals surface area contributed by atoms with E-state index in [0.29, 0.717) is 6.10 Å². The maximum absolute atomic E-state index is 6.34. The largest absolute Gasteiger partial charge is 0.370 e. The molecule has 1 aliphatic heterocycles. The van der Waals surface area contributed by atoms with Crippen molar-refractivity contribution < 1.29 is 4.74 Å². The number of rotatable bonds is 4. The first-order valence-corrected chi connectivity index (χ1v) is 7.65. The van der Waals surface area contributed by atoms with Gasteiger partial charge in [0.05, 0.1) is 17.4 Å². The van der Waals surface area contributed by atoms with Crippen LogP contribution in [0.5, 0.6) is 0 Å². The van der Waals surface area contributed by atoms with Crippen molar-refractivity contribution in [3.63, 3.8) is 0 Å². The minimum atomic E-state index is 0.246. The van der Waals surface area contributed by atoms with Gasteiger partial charge in [0.15, 0.2) is 0 Å². The summed E-state index contributed by atoms with van der Waals surface area (Å²) < 4.78 is 6.34. The molecule has 2 fully saturated rings. The van der Waals surface area contributed by atoms with Crippen LogP contribution in [0.4, 0.5) is 0 Å². The van der Waals surface area contributed by atoms with E-state index in [-0.39, 0.29) is 5.60 Å². The van der Waals surface area contributed by atoms with E-state index >= 15 is 0 Å². The zero-order valence-corrected chi connectivity index (χ0v) is 11.6. The van der Waals surface area contributed by atoms with Gasteiger partial charge in [-0.3, -0.25) is 4.98 Å². The molecule has 1 aromatic rings. The second-order valence-corrected chi connectivity index (χ2v) is 5.97. The number of hydrogen-bond acceptors (Lipinski definition) is 3. The molecule has 1 unspecified atom stereocenters. The SMILES string of the molecule is c1ccc(CNCC2CCC3(CCCCC3)O2)nc1. The molecule has 1 N–H and O–H groups in total. The number of nitrogens with zero attached hydrogens (tertiary/aromatic N) is 1. The maximum atomic E-state index is 6.34. The van der Waals surface area contributed by atoms with Crippen molar-refractivity contribution in [2.45, 2.75) is 63.2 Å². The van der Waals surface area contributed by atoms with Gasteiger partial charge in [-0.15, -0.1) is 0 Å². The Labute approximate surface area is 115 Å². The number of nitrogens with one attached hydrogen (secondary N) is 1. The van der Waals surface area contributed by atoms with E-state index in [4.69, 9.17) is 4.74 Å². The zero-order chi connectivity index (χ0) is 13.0. The Kier molecular flexibility index (Phi) is 4.14. The summed E-state index contributed by atoms with van der Waals surface area (Å²) in [6.07, 6.45) is 11.4. The van der Waals surface area contributed by atoms with E-state index in [2.05, 4.69) is 16.4 Å². The summed E-state index contributed by atoms with van der Waals surface area (Å²) in [5, 5.41) is 3.48. The number of ether oxygens (including phenoxy) is 1. The van der Waals surface area contributed by atoms with E-state index in [1.54, 1.807) is 0 Å². The van der Waals surface area contributed by atoms with Crippen LogP contribution in [0.15, 0.2) is 24.4 Å². The van der Waals surface area contributed by atoms with Crippen molar-refractivity contribution in [3.8, 4) is 0 Å². The first kappa shape index (κ1) is 13.1. The lowest BCUT2D eigenvalue weighted by Crippen LogP contribution is -2.34. The average Bonchev–Trinajstić information content (AvgIpc) is 2.84. The first-order valence-electron chi connectivity index (χ1n) is 7.65. The molecule has 1 aliphatic carbocycles. The predicted octanol–water partition coefficient (Wildman–Crippen LogP) is 3.05. The Bertz CT molecular complexity index is 387. The Morgan fingerprint density at radius 2 is 2.11 bits per heavy atom. The summed E-state index contributed by atoms with van der Waals surface area (Å²) in [5.41, 5.74) is 1.35. The molecule has 3 heteroatoms. The molecule has 0 aromatic carbocycles. The Morgan fingerprint density at radius 3 is 2.89 bits per heavy atom. The molecule has 2 heterocycles. The van der Waals surface area contributed by atoms with Gasteiger partial charge in [0.2, 0.25) is 0 Å². The van der Waals surface area contributed by atoms with Crippen LogP contribution in [0, 0.1) is 0 Å². The van der Waals surface area contributed by atoms with Gasteiger partial charge in [0, 0.05) is 19.3 Å². The molecule has 0 radical (unpaired) electrons. The van der Waals surface area contributed by atoms with Crippen molar-refractivity contribution >= 4 is 0 Å². The molecule has 1 spiro atoms. The highest BCUT2D eigenvalue weighted by Gasteiger charge is 2.40. The molecule has 1 saturated heterocycles. The minimum absolute atomic E-state index is 0.246. The standard InChI is InChI=1S/C16H24N2O/c1-3-8-16(9-4-1)10-7-15(19-16)13-17-12-14-6-2-5-11-18-14/h2,5-6,11,15,17H,1,3-4,7-10,12-13H2. The Balaban J connectivity index is 1.42. The van der Waals surface area contributed by atoms with Crippen molar-refractivity contribution in [2.75, 3.05) is 6.54 Å². The highest BCUT2D eigenvalue weighted by atomic mass is 16.5. The molecular weight excluding hydrogens is 236 g/mol. The quantitative estimate of drug-likeness (QED) is 0.903. The van der Waals surface area contributed by atoms with E-state index in [1.165, 1.54) is 44.9 Å². The third-order valence-corrected chi connectivity index (χ3v) is 4.51. The van der Waals surface area contributed by atoms with E-state index in [0.717, 1.165) is 18.8 Å². The monoisotopic (exact) mass is 260 g/mol. The molecule has 0 bridgehead atoms. The highest BCUT2D eigenvalue weighted by Crippen LogP contribution is 2.41. The molecule has 104 valence electrons. The molecule has 1 atom stereocenters. The maximum Gasteiger partial charge on any atom is 0.0708 e. The third-order valence-electron chi connectivity index (χ3n) is 4.51. The smallest absolute Gasteiger partial charge is 0.0708 e. The number of pyridine rings is 1. The Hall–Kier alpha value is -0.930. The fourth-order valence-corrected chi connectivity index (χ4v) is 3.47. The second kappa shape index (κ2) is 6.02. The fourth-order valence-electron chi connectivity index (χ4n) is 3.47. The molecule has 0 amide bonds. The summed E-state index contributed by atoms with van der Waals surface area (Å²) in [5.74, 6) is 0. The zero-order valence-electron chi connectivity index (χ0n) is 11.6. The van der Waals surface area contributed by atoms with Crippen molar-refractivity contribution in [1.29, 1.82) is 0 Å². The minimum Gasteiger partial charge on any atom is -0.370 e. The number of aromatic nitrogens is 1. The number of hydrogen-bond donors (Lipinski definition) is 1. The van der Waals surface area contributed by atoms with Crippen LogP contribution < -0.4 is 5.32 Å². The summed E-state index contributed by atoms with van der Waals surface area (Å²) >= 11 is 0. The highest BCUT2D eigenvalue weighted by molar-refractivity contribution is 5.03. The molecule has 1 saturated carbocycles. The van der Waals surface area contributed by atoms with Gasteiger partial charge in [0.25, 0.3) is 0 Å². The third kappa shape index (κ3) is 3.34. The fraction of sp³-hybridized carbons (Fsp3) is 0.688. The van der Waals surface area contributed by atoms with Crippen LogP contribution in [-0.4, -0.2) is 23.2 Å². The van der Waals surface area contributed by atoms with Crippen LogP contribution in [0.2, 0.25) is 0 Å². The van der Waals surface area contributed by atoms with Gasteiger partial charge in [-0.1, -0.05) is 25.3 Å². The van der Waals surface area contributed by atoms with Gasteiger partial charge in [0.1, 0.15) is 0 Å². The van der Waals surface area contributed by atoms with Gasteiger partial charge in [-0.05, 0) is 37.8 Å². The summed E-state index contributed by atoms with van der Waals surface area (Å²) in [7, 11) is 0.